The highest BCUT2D eigenvalue weighted by Crippen LogP contribution is 2.38. The first kappa shape index (κ1) is 12.7. The maximum absolute atomic E-state index is 11.4. The Balaban J connectivity index is 2.87. The number of rotatable bonds is 4. The van der Waals surface area contributed by atoms with Gasteiger partial charge in [0.1, 0.15) is 0 Å². The van der Waals surface area contributed by atoms with Crippen LogP contribution in [0.1, 0.15) is 46.0 Å². The Hall–Kier alpha value is -0.350. The maximum atomic E-state index is 11.4. The van der Waals surface area contributed by atoms with Crippen molar-refractivity contribution in [3.05, 3.63) is 12.0 Å². The summed E-state index contributed by atoms with van der Waals surface area (Å²) in [5, 5.41) is 0.895. The van der Waals surface area contributed by atoms with E-state index in [9.17, 15) is 8.42 Å². The Morgan fingerprint density at radius 3 is 2.20 bits per heavy atom. The third-order valence-corrected chi connectivity index (χ3v) is 4.21. The van der Waals surface area contributed by atoms with Gasteiger partial charge in [0, 0.05) is 0 Å². The van der Waals surface area contributed by atoms with Gasteiger partial charge in [0.05, 0.1) is 11.0 Å². The molecule has 15 heavy (non-hydrogen) atoms. The Labute approximate surface area is 92.6 Å². The summed E-state index contributed by atoms with van der Waals surface area (Å²) in [7, 11) is -3.56. The molecule has 1 saturated carbocycles. The molecule has 88 valence electrons. The average molecular weight is 232 g/mol. The van der Waals surface area contributed by atoms with E-state index in [1.807, 2.05) is 13.8 Å². The lowest BCUT2D eigenvalue weighted by molar-refractivity contribution is -0.00449. The molecule has 0 saturated heterocycles. The van der Waals surface area contributed by atoms with Gasteiger partial charge in [-0.2, -0.15) is 8.42 Å². The molecule has 3 nitrogen and oxygen atoms in total. The van der Waals surface area contributed by atoms with Crippen molar-refractivity contribution in [3.8, 4) is 0 Å². The molecule has 0 heterocycles. The Morgan fingerprint density at radius 1 is 1.27 bits per heavy atom. The lowest BCUT2D eigenvalue weighted by atomic mass is 9.77. The second-order valence-corrected chi connectivity index (χ2v) is 6.01. The van der Waals surface area contributed by atoms with Gasteiger partial charge in [-0.1, -0.05) is 39.7 Å². The number of hydrogen-bond donors (Lipinski definition) is 0. The number of hydrogen-bond acceptors (Lipinski definition) is 3. The molecule has 4 heteroatoms. The predicted octanol–water partition coefficient (Wildman–Crippen LogP) is 2.84. The topological polar surface area (TPSA) is 43.4 Å². The normalized spacial score (nSPS) is 21.5. The summed E-state index contributed by atoms with van der Waals surface area (Å²) >= 11 is 0. The molecule has 0 aromatic rings. The van der Waals surface area contributed by atoms with Crippen LogP contribution in [0.3, 0.4) is 0 Å². The predicted molar refractivity (Wildman–Crippen MR) is 60.9 cm³/mol. The van der Waals surface area contributed by atoms with Gasteiger partial charge in [0.15, 0.2) is 0 Å². The maximum Gasteiger partial charge on any atom is 0.290 e. The Morgan fingerprint density at radius 2 is 1.80 bits per heavy atom. The third-order valence-electron chi connectivity index (χ3n) is 3.24. The van der Waals surface area contributed by atoms with Crippen molar-refractivity contribution in [2.45, 2.75) is 51.6 Å². The van der Waals surface area contributed by atoms with Gasteiger partial charge < -0.3 is 0 Å². The van der Waals surface area contributed by atoms with E-state index >= 15 is 0 Å². The molecule has 0 unspecified atom stereocenters. The van der Waals surface area contributed by atoms with E-state index < -0.39 is 15.7 Å². The van der Waals surface area contributed by atoms with E-state index in [4.69, 9.17) is 4.18 Å². The van der Waals surface area contributed by atoms with Gasteiger partial charge >= 0.3 is 0 Å². The second kappa shape index (κ2) is 4.66. The summed E-state index contributed by atoms with van der Waals surface area (Å²) in [5.41, 5.74) is -0.495. The van der Waals surface area contributed by atoms with Crippen LogP contribution in [0, 0.1) is 5.92 Å². The minimum absolute atomic E-state index is 0.215. The summed E-state index contributed by atoms with van der Waals surface area (Å²) in [6.07, 6.45) is 4.93. The van der Waals surface area contributed by atoms with Crippen molar-refractivity contribution >= 4 is 10.1 Å². The summed E-state index contributed by atoms with van der Waals surface area (Å²) in [5.74, 6) is 0.215. The van der Waals surface area contributed by atoms with E-state index in [1.165, 1.54) is 6.42 Å². The smallest absolute Gasteiger partial charge is 0.260 e. The lowest BCUT2D eigenvalue weighted by Gasteiger charge is -2.39. The zero-order chi connectivity index (χ0) is 11.5. The fraction of sp³-hybridized carbons (Fsp3) is 0.818. The molecule has 0 amide bonds. The molecule has 0 bridgehead atoms. The van der Waals surface area contributed by atoms with Gasteiger partial charge in [-0.25, -0.2) is 0 Å². The van der Waals surface area contributed by atoms with Crippen molar-refractivity contribution in [1.29, 1.82) is 0 Å². The van der Waals surface area contributed by atoms with Gasteiger partial charge in [0.25, 0.3) is 10.1 Å². The monoisotopic (exact) mass is 232 g/mol. The molecule has 0 spiro atoms. The second-order valence-electron chi connectivity index (χ2n) is 4.52. The van der Waals surface area contributed by atoms with Crippen LogP contribution in [-0.4, -0.2) is 14.0 Å². The first-order valence-electron chi connectivity index (χ1n) is 5.50. The Kier molecular flexibility index (Phi) is 3.95. The fourth-order valence-electron chi connectivity index (χ4n) is 2.17. The van der Waals surface area contributed by atoms with E-state index in [0.717, 1.165) is 31.1 Å². The zero-order valence-electron chi connectivity index (χ0n) is 9.53. The standard InChI is InChI=1S/C11H20O3S/c1-4-15(12,13)14-11(10(2)3)8-6-5-7-9-11/h4,10H,1,5-9H2,2-3H3. The highest BCUT2D eigenvalue weighted by molar-refractivity contribution is 7.89. The van der Waals surface area contributed by atoms with E-state index in [0.29, 0.717) is 0 Å². The summed E-state index contributed by atoms with van der Waals surface area (Å²) < 4.78 is 28.2. The molecule has 0 radical (unpaired) electrons. The molecule has 1 rings (SSSR count). The van der Waals surface area contributed by atoms with Crippen LogP contribution >= 0.6 is 0 Å². The van der Waals surface area contributed by atoms with Gasteiger partial charge in [-0.05, 0) is 18.8 Å². The molecular formula is C11H20O3S. The quantitative estimate of drug-likeness (QED) is 0.700. The molecule has 1 aliphatic carbocycles. The fourth-order valence-corrected chi connectivity index (χ4v) is 3.06. The minimum Gasteiger partial charge on any atom is -0.260 e. The van der Waals surface area contributed by atoms with Crippen molar-refractivity contribution in [1.82, 2.24) is 0 Å². The first-order chi connectivity index (χ1) is 6.92. The summed E-state index contributed by atoms with van der Waals surface area (Å²) in [6.45, 7) is 7.31. The minimum atomic E-state index is -3.56. The highest BCUT2D eigenvalue weighted by Gasteiger charge is 2.39. The lowest BCUT2D eigenvalue weighted by Crippen LogP contribution is -2.41. The molecular weight excluding hydrogens is 212 g/mol. The van der Waals surface area contributed by atoms with E-state index in [2.05, 4.69) is 6.58 Å². The summed E-state index contributed by atoms with van der Waals surface area (Å²) in [4.78, 5) is 0. The highest BCUT2D eigenvalue weighted by atomic mass is 32.2. The van der Waals surface area contributed by atoms with Crippen LogP contribution in [0.4, 0.5) is 0 Å². The largest absolute Gasteiger partial charge is 0.290 e. The molecule has 0 N–H and O–H groups in total. The third kappa shape index (κ3) is 3.05. The van der Waals surface area contributed by atoms with Crippen LogP contribution in [-0.2, 0) is 14.3 Å². The van der Waals surface area contributed by atoms with Crippen LogP contribution in [0.5, 0.6) is 0 Å². The van der Waals surface area contributed by atoms with Crippen molar-refractivity contribution < 1.29 is 12.6 Å². The molecule has 1 fully saturated rings. The van der Waals surface area contributed by atoms with Gasteiger partial charge in [-0.15, -0.1) is 0 Å². The van der Waals surface area contributed by atoms with Crippen molar-refractivity contribution in [2.75, 3.05) is 0 Å². The van der Waals surface area contributed by atoms with Crippen LogP contribution in [0.15, 0.2) is 12.0 Å². The zero-order valence-corrected chi connectivity index (χ0v) is 10.3. The van der Waals surface area contributed by atoms with E-state index in [1.54, 1.807) is 0 Å². The Bertz CT molecular complexity index is 311. The molecule has 0 aliphatic heterocycles. The van der Waals surface area contributed by atoms with Crippen molar-refractivity contribution in [3.63, 3.8) is 0 Å². The van der Waals surface area contributed by atoms with Gasteiger partial charge in [0.2, 0.25) is 0 Å². The van der Waals surface area contributed by atoms with E-state index in [-0.39, 0.29) is 5.92 Å². The first-order valence-corrected chi connectivity index (χ1v) is 6.97. The van der Waals surface area contributed by atoms with Crippen molar-refractivity contribution in [2.24, 2.45) is 5.92 Å². The molecule has 0 aromatic heterocycles. The van der Waals surface area contributed by atoms with Crippen LogP contribution < -0.4 is 0 Å². The van der Waals surface area contributed by atoms with Crippen LogP contribution in [0.2, 0.25) is 0 Å². The average Bonchev–Trinajstić information content (AvgIpc) is 2.18. The summed E-state index contributed by atoms with van der Waals surface area (Å²) in [6, 6.07) is 0. The SMILES string of the molecule is C=CS(=O)(=O)OC1(C(C)C)CCCCC1. The van der Waals surface area contributed by atoms with Gasteiger partial charge in [-0.3, -0.25) is 4.18 Å². The van der Waals surface area contributed by atoms with Crippen LogP contribution in [0.25, 0.3) is 0 Å². The molecule has 0 atom stereocenters. The molecule has 1 aliphatic rings. The molecule has 0 aromatic carbocycles.